The summed E-state index contributed by atoms with van der Waals surface area (Å²) in [4.78, 5) is 0. The van der Waals surface area contributed by atoms with Crippen LogP contribution in [0.4, 0.5) is 0 Å². The number of benzene rings is 3. The minimum Gasteiger partial charge on any atom is -0.496 e. The highest BCUT2D eigenvalue weighted by Crippen LogP contribution is 2.29. The lowest BCUT2D eigenvalue weighted by molar-refractivity contribution is 0.411. The van der Waals surface area contributed by atoms with Crippen LogP contribution in [0.1, 0.15) is 16.7 Å². The Balaban J connectivity index is 2.05. The zero-order chi connectivity index (χ0) is 14.8. The first kappa shape index (κ1) is 14.2. The lowest BCUT2D eigenvalue weighted by Gasteiger charge is -2.11. The molecule has 21 heavy (non-hydrogen) atoms. The molecule has 0 fully saturated rings. The monoisotopic (exact) mass is 340 g/mol. The summed E-state index contributed by atoms with van der Waals surface area (Å²) in [6.45, 7) is 2.11. The third-order valence-corrected chi connectivity index (χ3v) is 4.21. The van der Waals surface area contributed by atoms with Crippen molar-refractivity contribution < 1.29 is 4.74 Å². The number of aryl methyl sites for hydroxylation is 1. The number of halogens is 1. The van der Waals surface area contributed by atoms with E-state index in [9.17, 15) is 0 Å². The van der Waals surface area contributed by atoms with Gasteiger partial charge in [0, 0.05) is 10.9 Å². The van der Waals surface area contributed by atoms with Gasteiger partial charge in [0.2, 0.25) is 0 Å². The topological polar surface area (TPSA) is 9.23 Å². The molecule has 0 unspecified atom stereocenters. The molecule has 3 aromatic rings. The summed E-state index contributed by atoms with van der Waals surface area (Å²) < 4.78 is 6.67. The Hall–Kier alpha value is -1.80. The first-order valence-corrected chi connectivity index (χ1v) is 7.77. The van der Waals surface area contributed by atoms with Crippen molar-refractivity contribution in [2.24, 2.45) is 0 Å². The highest BCUT2D eigenvalue weighted by Gasteiger charge is 2.07. The zero-order valence-corrected chi connectivity index (χ0v) is 13.8. The Labute approximate surface area is 133 Å². The summed E-state index contributed by atoms with van der Waals surface area (Å²) >= 11 is 3.54. The lowest BCUT2D eigenvalue weighted by atomic mass is 9.99. The van der Waals surface area contributed by atoms with E-state index in [1.54, 1.807) is 7.11 Å². The minimum absolute atomic E-state index is 0.881. The van der Waals surface area contributed by atoms with Gasteiger partial charge < -0.3 is 4.74 Å². The Morgan fingerprint density at radius 1 is 0.905 bits per heavy atom. The van der Waals surface area contributed by atoms with E-state index >= 15 is 0 Å². The van der Waals surface area contributed by atoms with E-state index in [2.05, 4.69) is 77.5 Å². The molecule has 0 radical (unpaired) electrons. The molecular weight excluding hydrogens is 324 g/mol. The van der Waals surface area contributed by atoms with Crippen LogP contribution in [-0.2, 0) is 6.42 Å². The van der Waals surface area contributed by atoms with E-state index in [1.807, 2.05) is 0 Å². The molecule has 106 valence electrons. The van der Waals surface area contributed by atoms with E-state index < -0.39 is 0 Å². The number of rotatable bonds is 3. The molecule has 0 bridgehead atoms. The molecule has 1 nitrogen and oxygen atoms in total. The van der Waals surface area contributed by atoms with Crippen LogP contribution < -0.4 is 4.74 Å². The molecule has 0 aliphatic heterocycles. The fraction of sp³-hybridized carbons (Fsp3) is 0.158. The van der Waals surface area contributed by atoms with E-state index in [0.717, 1.165) is 16.6 Å². The van der Waals surface area contributed by atoms with E-state index in [-0.39, 0.29) is 0 Å². The SMILES string of the molecule is COc1cc2ccc(Br)cc2cc1Cc1ccc(C)cc1. The van der Waals surface area contributed by atoms with Crippen molar-refractivity contribution in [3.63, 3.8) is 0 Å². The van der Waals surface area contributed by atoms with E-state index in [1.165, 1.54) is 27.5 Å². The van der Waals surface area contributed by atoms with Gasteiger partial charge in [-0.2, -0.15) is 0 Å². The Kier molecular flexibility index (Phi) is 3.98. The molecular formula is C19H17BrO. The Morgan fingerprint density at radius 3 is 2.38 bits per heavy atom. The van der Waals surface area contributed by atoms with Crippen LogP contribution in [-0.4, -0.2) is 7.11 Å². The molecule has 0 saturated carbocycles. The fourth-order valence-electron chi connectivity index (χ4n) is 2.55. The van der Waals surface area contributed by atoms with Gasteiger partial charge in [-0.1, -0.05) is 51.8 Å². The standard InChI is InChI=1S/C19H17BrO/c1-13-3-5-14(6-4-13)9-17-10-16-11-18(20)8-7-15(16)12-19(17)21-2/h3-8,10-12H,9H2,1-2H3. The third-order valence-electron chi connectivity index (χ3n) is 3.72. The predicted molar refractivity (Wildman–Crippen MR) is 92.2 cm³/mol. The maximum Gasteiger partial charge on any atom is 0.123 e. The maximum absolute atomic E-state index is 5.57. The second kappa shape index (κ2) is 5.90. The number of methoxy groups -OCH3 is 1. The summed E-state index contributed by atoms with van der Waals surface area (Å²) in [6, 6.07) is 19.3. The van der Waals surface area contributed by atoms with Crippen LogP contribution >= 0.6 is 15.9 Å². The number of hydrogen-bond donors (Lipinski definition) is 0. The quantitative estimate of drug-likeness (QED) is 0.610. The first-order chi connectivity index (χ1) is 10.2. The van der Waals surface area contributed by atoms with Gasteiger partial charge in [-0.3, -0.25) is 0 Å². The average molecular weight is 341 g/mol. The fourth-order valence-corrected chi connectivity index (χ4v) is 2.93. The number of hydrogen-bond acceptors (Lipinski definition) is 1. The van der Waals surface area contributed by atoms with Crippen molar-refractivity contribution in [3.8, 4) is 5.75 Å². The zero-order valence-electron chi connectivity index (χ0n) is 12.2. The summed E-state index contributed by atoms with van der Waals surface area (Å²) in [5.41, 5.74) is 3.80. The first-order valence-electron chi connectivity index (χ1n) is 6.97. The molecule has 0 aliphatic rings. The van der Waals surface area contributed by atoms with Crippen LogP contribution in [0.15, 0.2) is 59.1 Å². The van der Waals surface area contributed by atoms with Gasteiger partial charge in [0.15, 0.2) is 0 Å². The van der Waals surface area contributed by atoms with Gasteiger partial charge in [-0.05, 0) is 53.1 Å². The van der Waals surface area contributed by atoms with Crippen molar-refractivity contribution in [3.05, 3.63) is 75.8 Å². The van der Waals surface area contributed by atoms with Crippen molar-refractivity contribution in [2.45, 2.75) is 13.3 Å². The van der Waals surface area contributed by atoms with Crippen LogP contribution in [0.25, 0.3) is 10.8 Å². The predicted octanol–water partition coefficient (Wildman–Crippen LogP) is 5.51. The van der Waals surface area contributed by atoms with Crippen LogP contribution in [0, 0.1) is 6.92 Å². The molecule has 3 rings (SSSR count). The van der Waals surface area contributed by atoms with Crippen LogP contribution in [0.2, 0.25) is 0 Å². The molecule has 0 aliphatic carbocycles. The molecule has 0 aromatic heterocycles. The van der Waals surface area contributed by atoms with Crippen molar-refractivity contribution >= 4 is 26.7 Å². The lowest BCUT2D eigenvalue weighted by Crippen LogP contribution is -1.94. The van der Waals surface area contributed by atoms with Crippen LogP contribution in [0.3, 0.4) is 0 Å². The highest BCUT2D eigenvalue weighted by atomic mass is 79.9. The van der Waals surface area contributed by atoms with Crippen molar-refractivity contribution in [1.82, 2.24) is 0 Å². The number of fused-ring (bicyclic) bond motifs is 1. The minimum atomic E-state index is 0.881. The second-order valence-electron chi connectivity index (χ2n) is 5.32. The average Bonchev–Trinajstić information content (AvgIpc) is 2.49. The normalized spacial score (nSPS) is 10.8. The van der Waals surface area contributed by atoms with Gasteiger partial charge >= 0.3 is 0 Å². The van der Waals surface area contributed by atoms with E-state index in [4.69, 9.17) is 4.74 Å². The molecule has 0 N–H and O–H groups in total. The van der Waals surface area contributed by atoms with Gasteiger partial charge in [0.1, 0.15) is 5.75 Å². The third kappa shape index (κ3) is 3.11. The van der Waals surface area contributed by atoms with Crippen molar-refractivity contribution in [2.75, 3.05) is 7.11 Å². The summed E-state index contributed by atoms with van der Waals surface area (Å²) in [7, 11) is 1.73. The second-order valence-corrected chi connectivity index (χ2v) is 6.23. The molecule has 3 aromatic carbocycles. The largest absolute Gasteiger partial charge is 0.496 e. The van der Waals surface area contributed by atoms with Crippen molar-refractivity contribution in [1.29, 1.82) is 0 Å². The molecule has 0 atom stereocenters. The number of ether oxygens (including phenoxy) is 1. The van der Waals surface area contributed by atoms with Gasteiger partial charge in [-0.25, -0.2) is 0 Å². The summed E-state index contributed by atoms with van der Waals surface area (Å²) in [6.07, 6.45) is 0.881. The highest BCUT2D eigenvalue weighted by molar-refractivity contribution is 9.10. The maximum atomic E-state index is 5.57. The molecule has 2 heteroatoms. The van der Waals surface area contributed by atoms with Gasteiger partial charge in [0.05, 0.1) is 7.11 Å². The van der Waals surface area contributed by atoms with Crippen LogP contribution in [0.5, 0.6) is 5.75 Å². The molecule has 0 amide bonds. The summed E-state index contributed by atoms with van der Waals surface area (Å²) in [5, 5.41) is 2.43. The molecule has 0 heterocycles. The van der Waals surface area contributed by atoms with Gasteiger partial charge in [-0.15, -0.1) is 0 Å². The molecule has 0 spiro atoms. The Bertz CT molecular complexity index is 775. The van der Waals surface area contributed by atoms with Gasteiger partial charge in [0.25, 0.3) is 0 Å². The summed E-state index contributed by atoms with van der Waals surface area (Å²) in [5.74, 6) is 0.949. The van der Waals surface area contributed by atoms with E-state index in [0.29, 0.717) is 0 Å². The smallest absolute Gasteiger partial charge is 0.123 e. The molecule has 0 saturated heterocycles. The Morgan fingerprint density at radius 2 is 1.67 bits per heavy atom.